The molecular formula is C29H29N7O2. The number of carbonyl (C=O) groups excluding carboxylic acids is 2. The van der Waals surface area contributed by atoms with E-state index in [0.29, 0.717) is 56.0 Å². The number of carbonyl (C=O) groups is 2. The lowest BCUT2D eigenvalue weighted by Gasteiger charge is -2.37. The first-order chi connectivity index (χ1) is 18.5. The van der Waals surface area contributed by atoms with Crippen molar-refractivity contribution in [1.29, 1.82) is 5.26 Å². The Morgan fingerprint density at radius 3 is 2.63 bits per heavy atom. The van der Waals surface area contributed by atoms with Gasteiger partial charge in [0, 0.05) is 50.6 Å². The Kier molecular flexibility index (Phi) is 7.05. The van der Waals surface area contributed by atoms with E-state index in [4.69, 9.17) is 0 Å². The van der Waals surface area contributed by atoms with E-state index in [2.05, 4.69) is 26.3 Å². The number of amides is 2. The number of aromatic nitrogens is 3. The molecule has 1 aliphatic heterocycles. The monoisotopic (exact) mass is 507 g/mol. The largest absolute Gasteiger partial charge is 0.355 e. The summed E-state index contributed by atoms with van der Waals surface area (Å²) in [7, 11) is 0. The van der Waals surface area contributed by atoms with Gasteiger partial charge >= 0.3 is 0 Å². The van der Waals surface area contributed by atoms with Gasteiger partial charge in [-0.1, -0.05) is 36.4 Å². The van der Waals surface area contributed by atoms with Crippen LogP contribution in [0.4, 0.5) is 11.5 Å². The zero-order valence-electron chi connectivity index (χ0n) is 21.2. The van der Waals surface area contributed by atoms with Crippen LogP contribution in [-0.2, 0) is 10.2 Å². The van der Waals surface area contributed by atoms with Gasteiger partial charge in [-0.15, -0.1) is 0 Å². The Bertz CT molecular complexity index is 1480. The van der Waals surface area contributed by atoms with Crippen LogP contribution < -0.4 is 10.2 Å². The molecule has 0 aliphatic carbocycles. The van der Waals surface area contributed by atoms with Crippen LogP contribution in [0.5, 0.6) is 0 Å². The predicted molar refractivity (Wildman–Crippen MR) is 145 cm³/mol. The van der Waals surface area contributed by atoms with Crippen LogP contribution in [0.15, 0.2) is 73.2 Å². The Morgan fingerprint density at radius 2 is 1.89 bits per heavy atom. The summed E-state index contributed by atoms with van der Waals surface area (Å²) in [5.41, 5.74) is 2.49. The molecule has 3 heterocycles. The second-order valence-corrected chi connectivity index (χ2v) is 9.47. The molecule has 38 heavy (non-hydrogen) atoms. The average molecular weight is 508 g/mol. The number of rotatable bonds is 7. The van der Waals surface area contributed by atoms with Crippen molar-refractivity contribution in [1.82, 2.24) is 25.2 Å². The molecule has 0 bridgehead atoms. The first-order valence-electron chi connectivity index (χ1n) is 12.7. The van der Waals surface area contributed by atoms with E-state index in [-0.39, 0.29) is 11.8 Å². The van der Waals surface area contributed by atoms with Crippen LogP contribution in [0.3, 0.4) is 0 Å². The van der Waals surface area contributed by atoms with Crippen molar-refractivity contribution < 1.29 is 9.59 Å². The number of piperidine rings is 1. The van der Waals surface area contributed by atoms with Gasteiger partial charge in [0.15, 0.2) is 0 Å². The number of hydrogen-bond acceptors (Lipinski definition) is 6. The van der Waals surface area contributed by atoms with E-state index < -0.39 is 5.41 Å². The summed E-state index contributed by atoms with van der Waals surface area (Å²) in [5, 5.41) is 13.7. The van der Waals surface area contributed by atoms with Gasteiger partial charge < -0.3 is 20.1 Å². The molecule has 2 amide bonds. The number of hydrogen-bond donors (Lipinski definition) is 2. The molecule has 0 radical (unpaired) electrons. The zero-order chi connectivity index (χ0) is 26.5. The van der Waals surface area contributed by atoms with Gasteiger partial charge in [0.25, 0.3) is 5.91 Å². The fourth-order valence-electron chi connectivity index (χ4n) is 5.08. The van der Waals surface area contributed by atoms with Crippen molar-refractivity contribution in [2.75, 3.05) is 31.1 Å². The van der Waals surface area contributed by atoms with E-state index in [0.717, 1.165) is 16.6 Å². The van der Waals surface area contributed by atoms with Crippen molar-refractivity contribution in [2.24, 2.45) is 0 Å². The Balaban J connectivity index is 1.39. The Morgan fingerprint density at radius 1 is 1.11 bits per heavy atom. The molecule has 0 saturated carbocycles. The van der Waals surface area contributed by atoms with Crippen LogP contribution in [-0.4, -0.2) is 57.8 Å². The smallest absolute Gasteiger partial charge is 0.253 e. The summed E-state index contributed by atoms with van der Waals surface area (Å²) < 4.78 is 0. The number of likely N-dealkylation sites (tertiary alicyclic amines) is 1. The summed E-state index contributed by atoms with van der Waals surface area (Å²) in [6, 6.07) is 21.7. The summed E-state index contributed by atoms with van der Waals surface area (Å²) in [6.07, 6.45) is 4.49. The molecule has 9 nitrogen and oxygen atoms in total. The van der Waals surface area contributed by atoms with Crippen molar-refractivity contribution in [3.63, 3.8) is 0 Å². The molecule has 9 heteroatoms. The van der Waals surface area contributed by atoms with Crippen LogP contribution in [0.25, 0.3) is 11.0 Å². The van der Waals surface area contributed by atoms with Gasteiger partial charge in [-0.05, 0) is 42.7 Å². The molecule has 4 aromatic rings. The standard InChI is InChI=1S/C29H29N7O2/c1-21(37)31-14-17-36(27-25-10-13-32-26(25)33-20-34-27)24-9-5-6-22(18-24)28(38)35-15-11-29(19-30,12-16-35)23-7-3-2-4-8-23/h2-10,13,18,20H,11-12,14-17H2,1H3,(H,31,37)(H,32,33,34). The third kappa shape index (κ3) is 4.93. The molecule has 1 saturated heterocycles. The Labute approximate surface area is 221 Å². The second-order valence-electron chi connectivity index (χ2n) is 9.47. The lowest BCUT2D eigenvalue weighted by atomic mass is 9.74. The molecule has 2 N–H and O–H groups in total. The van der Waals surface area contributed by atoms with E-state index in [1.807, 2.05) is 76.7 Å². The maximum Gasteiger partial charge on any atom is 0.253 e. The number of fused-ring (bicyclic) bond motifs is 1. The van der Waals surface area contributed by atoms with E-state index in [9.17, 15) is 14.9 Å². The fourth-order valence-corrected chi connectivity index (χ4v) is 5.08. The third-order valence-electron chi connectivity index (χ3n) is 7.15. The first kappa shape index (κ1) is 25.0. The number of H-pyrrole nitrogens is 1. The van der Waals surface area contributed by atoms with Gasteiger partial charge in [0.05, 0.1) is 16.9 Å². The molecule has 0 spiro atoms. The number of benzene rings is 2. The van der Waals surface area contributed by atoms with Gasteiger partial charge in [0.2, 0.25) is 5.91 Å². The third-order valence-corrected chi connectivity index (χ3v) is 7.15. The fraction of sp³-hybridized carbons (Fsp3) is 0.276. The van der Waals surface area contributed by atoms with Gasteiger partial charge in [0.1, 0.15) is 17.8 Å². The van der Waals surface area contributed by atoms with Crippen molar-refractivity contribution >= 4 is 34.4 Å². The maximum atomic E-state index is 13.6. The number of nitriles is 1. The lowest BCUT2D eigenvalue weighted by Crippen LogP contribution is -2.44. The molecule has 1 fully saturated rings. The minimum Gasteiger partial charge on any atom is -0.355 e. The molecule has 0 atom stereocenters. The number of nitrogens with zero attached hydrogens (tertiary/aromatic N) is 5. The minimum atomic E-state index is -0.574. The summed E-state index contributed by atoms with van der Waals surface area (Å²) in [5.74, 6) is 0.506. The van der Waals surface area contributed by atoms with Crippen LogP contribution in [0.1, 0.15) is 35.7 Å². The number of aromatic amines is 1. The summed E-state index contributed by atoms with van der Waals surface area (Å²) in [4.78, 5) is 40.8. The second kappa shape index (κ2) is 10.7. The van der Waals surface area contributed by atoms with E-state index in [1.165, 1.54) is 13.3 Å². The summed E-state index contributed by atoms with van der Waals surface area (Å²) in [6.45, 7) is 3.36. The topological polar surface area (TPSA) is 118 Å². The van der Waals surface area contributed by atoms with E-state index in [1.54, 1.807) is 0 Å². The van der Waals surface area contributed by atoms with Gasteiger partial charge in [-0.25, -0.2) is 9.97 Å². The zero-order valence-corrected chi connectivity index (χ0v) is 21.2. The highest BCUT2D eigenvalue weighted by molar-refractivity contribution is 5.96. The molecule has 5 rings (SSSR count). The Hall–Kier alpha value is -4.71. The van der Waals surface area contributed by atoms with Crippen molar-refractivity contribution in [2.45, 2.75) is 25.2 Å². The molecule has 2 aromatic carbocycles. The van der Waals surface area contributed by atoms with Gasteiger partial charge in [-0.3, -0.25) is 9.59 Å². The number of nitrogens with one attached hydrogen (secondary N) is 2. The van der Waals surface area contributed by atoms with Crippen molar-refractivity contribution in [3.05, 3.63) is 84.3 Å². The normalized spacial score (nSPS) is 14.6. The quantitative estimate of drug-likeness (QED) is 0.391. The highest BCUT2D eigenvalue weighted by atomic mass is 16.2. The van der Waals surface area contributed by atoms with Crippen LogP contribution >= 0.6 is 0 Å². The van der Waals surface area contributed by atoms with E-state index >= 15 is 0 Å². The molecule has 1 aliphatic rings. The highest BCUT2D eigenvalue weighted by Crippen LogP contribution is 2.36. The SMILES string of the molecule is CC(=O)NCCN(c1cccc(C(=O)N2CCC(C#N)(c3ccccc3)CC2)c1)c1ncnc2[nH]ccc12. The highest BCUT2D eigenvalue weighted by Gasteiger charge is 2.37. The maximum absolute atomic E-state index is 13.6. The van der Waals surface area contributed by atoms with Crippen LogP contribution in [0.2, 0.25) is 0 Å². The number of anilines is 2. The molecule has 2 aromatic heterocycles. The average Bonchev–Trinajstić information content (AvgIpc) is 3.45. The minimum absolute atomic E-state index is 0.0669. The predicted octanol–water partition coefficient (Wildman–Crippen LogP) is 3.93. The lowest BCUT2D eigenvalue weighted by molar-refractivity contribution is -0.118. The van der Waals surface area contributed by atoms with Crippen molar-refractivity contribution in [3.8, 4) is 6.07 Å². The molecule has 192 valence electrons. The molecule has 0 unspecified atom stereocenters. The summed E-state index contributed by atoms with van der Waals surface area (Å²) >= 11 is 0. The van der Waals surface area contributed by atoms with Crippen LogP contribution in [0, 0.1) is 11.3 Å². The first-order valence-corrected chi connectivity index (χ1v) is 12.7. The van der Waals surface area contributed by atoms with Gasteiger partial charge in [-0.2, -0.15) is 5.26 Å². The molecular weight excluding hydrogens is 478 g/mol.